The Labute approximate surface area is 122 Å². The van der Waals surface area contributed by atoms with E-state index in [1.54, 1.807) is 0 Å². The van der Waals surface area contributed by atoms with Gasteiger partial charge in [0.1, 0.15) is 0 Å². The lowest BCUT2D eigenvalue weighted by molar-refractivity contribution is 0.282. The second kappa shape index (κ2) is 23.0. The van der Waals surface area contributed by atoms with Crippen LogP contribution in [0.5, 0.6) is 0 Å². The van der Waals surface area contributed by atoms with Crippen molar-refractivity contribution in [1.82, 2.24) is 0 Å². The minimum Gasteiger partial charge on any atom is -0.396 e. The molecule has 0 aliphatic carbocycles. The lowest BCUT2D eigenvalue weighted by Crippen LogP contribution is -1.97. The van der Waals surface area contributed by atoms with Crippen molar-refractivity contribution in [2.45, 2.75) is 97.3 Å². The standard InChI is InChI=1S/C9H20O.C8H19N/c1-2-3-4-5-6-7-8-9-10;1-2-3-4-5-6-7-8-9/h10H,2-9H2,1H3;2-9H2,1H3. The van der Waals surface area contributed by atoms with E-state index in [0.29, 0.717) is 6.61 Å². The van der Waals surface area contributed by atoms with Gasteiger partial charge in [0.2, 0.25) is 0 Å². The molecule has 0 radical (unpaired) electrons. The predicted octanol–water partition coefficient (Wildman–Crippen LogP) is 5.03. The van der Waals surface area contributed by atoms with Crippen LogP contribution in [-0.4, -0.2) is 18.3 Å². The molecule has 0 bridgehead atoms. The Morgan fingerprint density at radius 1 is 0.579 bits per heavy atom. The van der Waals surface area contributed by atoms with E-state index < -0.39 is 0 Å². The van der Waals surface area contributed by atoms with Crippen molar-refractivity contribution < 1.29 is 5.11 Å². The molecule has 0 rings (SSSR count). The highest BCUT2D eigenvalue weighted by atomic mass is 16.2. The van der Waals surface area contributed by atoms with Crippen molar-refractivity contribution in [1.29, 1.82) is 0 Å². The van der Waals surface area contributed by atoms with Crippen LogP contribution in [0.1, 0.15) is 97.3 Å². The van der Waals surface area contributed by atoms with Crippen LogP contribution in [-0.2, 0) is 0 Å². The Hall–Kier alpha value is -0.0800. The summed E-state index contributed by atoms with van der Waals surface area (Å²) in [6, 6.07) is 0. The maximum atomic E-state index is 8.47. The molecule has 0 fully saturated rings. The Balaban J connectivity index is 0. The fraction of sp³-hybridized carbons (Fsp3) is 1.00. The van der Waals surface area contributed by atoms with Gasteiger partial charge in [0.15, 0.2) is 0 Å². The molecule has 2 nitrogen and oxygen atoms in total. The molecule has 19 heavy (non-hydrogen) atoms. The van der Waals surface area contributed by atoms with Crippen molar-refractivity contribution in [3.63, 3.8) is 0 Å². The molecule has 3 N–H and O–H groups in total. The van der Waals surface area contributed by atoms with Gasteiger partial charge in [-0.3, -0.25) is 0 Å². The van der Waals surface area contributed by atoms with Crippen LogP contribution in [0.25, 0.3) is 0 Å². The summed E-state index contributed by atoms with van der Waals surface area (Å²) in [4.78, 5) is 0. The lowest BCUT2D eigenvalue weighted by Gasteiger charge is -1.97. The highest BCUT2D eigenvalue weighted by Crippen LogP contribution is 2.06. The van der Waals surface area contributed by atoms with E-state index in [9.17, 15) is 0 Å². The fourth-order valence-electron chi connectivity index (χ4n) is 1.99. The Bertz CT molecular complexity index is 114. The minimum atomic E-state index is 0.369. The first kappa shape index (κ1) is 21.2. The molecule has 0 unspecified atom stereocenters. The number of aliphatic hydroxyl groups excluding tert-OH is 1. The lowest BCUT2D eigenvalue weighted by atomic mass is 10.1. The summed E-state index contributed by atoms with van der Waals surface area (Å²) >= 11 is 0. The van der Waals surface area contributed by atoms with Gasteiger partial charge in [-0.05, 0) is 19.4 Å². The quantitative estimate of drug-likeness (QED) is 0.462. The van der Waals surface area contributed by atoms with Crippen molar-refractivity contribution in [2.24, 2.45) is 5.73 Å². The third kappa shape index (κ3) is 27.2. The maximum Gasteiger partial charge on any atom is 0.0431 e. The number of hydrogen-bond acceptors (Lipinski definition) is 2. The van der Waals surface area contributed by atoms with E-state index in [1.165, 1.54) is 77.0 Å². The van der Waals surface area contributed by atoms with Gasteiger partial charge >= 0.3 is 0 Å². The zero-order valence-electron chi connectivity index (χ0n) is 13.6. The van der Waals surface area contributed by atoms with Gasteiger partial charge in [-0.25, -0.2) is 0 Å². The van der Waals surface area contributed by atoms with Crippen molar-refractivity contribution in [3.05, 3.63) is 0 Å². The number of rotatable bonds is 13. The Kier molecular flexibility index (Phi) is 25.7. The van der Waals surface area contributed by atoms with Crippen LogP contribution < -0.4 is 5.73 Å². The van der Waals surface area contributed by atoms with Gasteiger partial charge in [-0.1, -0.05) is 84.5 Å². The van der Waals surface area contributed by atoms with Gasteiger partial charge in [-0.15, -0.1) is 0 Å². The monoisotopic (exact) mass is 273 g/mol. The second-order valence-corrected chi connectivity index (χ2v) is 5.40. The summed E-state index contributed by atoms with van der Waals surface area (Å²) in [5.41, 5.74) is 5.34. The van der Waals surface area contributed by atoms with Gasteiger partial charge in [-0.2, -0.15) is 0 Å². The summed E-state index contributed by atoms with van der Waals surface area (Å²) in [7, 11) is 0. The minimum absolute atomic E-state index is 0.369. The van der Waals surface area contributed by atoms with Gasteiger partial charge in [0, 0.05) is 6.61 Å². The van der Waals surface area contributed by atoms with E-state index >= 15 is 0 Å². The molecule has 0 atom stereocenters. The van der Waals surface area contributed by atoms with Gasteiger partial charge in [0.25, 0.3) is 0 Å². The molecule has 0 aliphatic heterocycles. The third-order valence-corrected chi connectivity index (χ3v) is 3.32. The molecule has 0 aromatic carbocycles. The number of nitrogens with two attached hydrogens (primary N) is 1. The Morgan fingerprint density at radius 3 is 1.32 bits per heavy atom. The van der Waals surface area contributed by atoms with Crippen LogP contribution in [0.3, 0.4) is 0 Å². The molecule has 0 amide bonds. The highest BCUT2D eigenvalue weighted by molar-refractivity contribution is 4.44. The van der Waals surface area contributed by atoms with E-state index in [-0.39, 0.29) is 0 Å². The molecule has 0 aliphatic rings. The SMILES string of the molecule is CCCCCCCCCO.CCCCCCCCN. The summed E-state index contributed by atoms with van der Waals surface area (Å²) in [5, 5.41) is 8.47. The molecular weight excluding hydrogens is 234 g/mol. The zero-order valence-corrected chi connectivity index (χ0v) is 13.6. The van der Waals surface area contributed by atoms with Crippen LogP contribution in [0.2, 0.25) is 0 Å². The smallest absolute Gasteiger partial charge is 0.0431 e. The molecule has 0 saturated heterocycles. The largest absolute Gasteiger partial charge is 0.396 e. The average molecular weight is 274 g/mol. The number of aliphatic hydroxyl groups is 1. The number of hydrogen-bond donors (Lipinski definition) is 2. The Morgan fingerprint density at radius 2 is 0.947 bits per heavy atom. The molecule has 2 heteroatoms. The summed E-state index contributed by atoms with van der Waals surface area (Å²) in [6.07, 6.45) is 17.0. The fourth-order valence-corrected chi connectivity index (χ4v) is 1.99. The molecule has 0 saturated carbocycles. The van der Waals surface area contributed by atoms with Gasteiger partial charge < -0.3 is 10.8 Å². The molecular formula is C17H39NO. The van der Waals surface area contributed by atoms with Crippen LogP contribution >= 0.6 is 0 Å². The van der Waals surface area contributed by atoms with Crippen molar-refractivity contribution >= 4 is 0 Å². The first-order valence-corrected chi connectivity index (χ1v) is 8.64. The molecule has 0 aromatic rings. The maximum absolute atomic E-state index is 8.47. The van der Waals surface area contributed by atoms with E-state index in [2.05, 4.69) is 13.8 Å². The molecule has 0 aromatic heterocycles. The first-order valence-electron chi connectivity index (χ1n) is 8.64. The normalized spacial score (nSPS) is 10.1. The summed E-state index contributed by atoms with van der Waals surface area (Å²) in [5.74, 6) is 0. The van der Waals surface area contributed by atoms with Gasteiger partial charge in [0.05, 0.1) is 0 Å². The molecule has 0 heterocycles. The topological polar surface area (TPSA) is 46.2 Å². The second-order valence-electron chi connectivity index (χ2n) is 5.40. The first-order chi connectivity index (χ1) is 9.33. The van der Waals surface area contributed by atoms with Crippen molar-refractivity contribution in [2.75, 3.05) is 13.2 Å². The molecule has 0 spiro atoms. The third-order valence-electron chi connectivity index (χ3n) is 3.32. The number of unbranched alkanes of at least 4 members (excludes halogenated alkanes) is 11. The van der Waals surface area contributed by atoms with Crippen LogP contribution in [0, 0.1) is 0 Å². The van der Waals surface area contributed by atoms with Crippen molar-refractivity contribution in [3.8, 4) is 0 Å². The predicted molar refractivity (Wildman–Crippen MR) is 87.5 cm³/mol. The van der Waals surface area contributed by atoms with Crippen LogP contribution in [0.15, 0.2) is 0 Å². The zero-order chi connectivity index (χ0) is 14.6. The van der Waals surface area contributed by atoms with E-state index in [4.69, 9.17) is 10.8 Å². The highest BCUT2D eigenvalue weighted by Gasteiger charge is 1.88. The molecule has 118 valence electrons. The van der Waals surface area contributed by atoms with Crippen LogP contribution in [0.4, 0.5) is 0 Å². The van der Waals surface area contributed by atoms with E-state index in [1.807, 2.05) is 0 Å². The summed E-state index contributed by atoms with van der Waals surface area (Å²) in [6.45, 7) is 5.70. The summed E-state index contributed by atoms with van der Waals surface area (Å²) < 4.78 is 0. The average Bonchev–Trinajstić information content (AvgIpc) is 2.43. The van der Waals surface area contributed by atoms with E-state index in [0.717, 1.165) is 13.0 Å².